The van der Waals surface area contributed by atoms with E-state index in [9.17, 15) is 0 Å². The number of benzene rings is 10. The second-order valence-corrected chi connectivity index (χ2v) is 16.3. The molecule has 0 atom stereocenters. The highest BCUT2D eigenvalue weighted by Gasteiger charge is 2.16. The fourth-order valence-corrected chi connectivity index (χ4v) is 9.86. The molecular formula is C55H33N3S. The van der Waals surface area contributed by atoms with E-state index < -0.39 is 0 Å². The van der Waals surface area contributed by atoms with Crippen LogP contribution in [0.2, 0.25) is 0 Å². The lowest BCUT2D eigenvalue weighted by molar-refractivity contribution is 1.08. The summed E-state index contributed by atoms with van der Waals surface area (Å²) in [6.45, 7) is 0. The molecule has 0 saturated heterocycles. The summed E-state index contributed by atoms with van der Waals surface area (Å²) in [5.74, 6) is 1.94. The van der Waals surface area contributed by atoms with E-state index in [1.54, 1.807) is 0 Å². The Balaban J connectivity index is 0.991. The van der Waals surface area contributed by atoms with Crippen LogP contribution in [0.5, 0.6) is 0 Å². The van der Waals surface area contributed by atoms with Gasteiger partial charge in [0.15, 0.2) is 17.5 Å². The van der Waals surface area contributed by atoms with Gasteiger partial charge in [0, 0.05) is 36.9 Å². The lowest BCUT2D eigenvalue weighted by Crippen LogP contribution is -2.00. The van der Waals surface area contributed by atoms with Crippen LogP contribution in [0.3, 0.4) is 0 Å². The smallest absolute Gasteiger partial charge is 0.164 e. The van der Waals surface area contributed by atoms with Crippen molar-refractivity contribution in [2.45, 2.75) is 0 Å². The van der Waals surface area contributed by atoms with Gasteiger partial charge in [-0.25, -0.2) is 15.0 Å². The van der Waals surface area contributed by atoms with E-state index in [4.69, 9.17) is 15.0 Å². The Morgan fingerprint density at radius 1 is 0.254 bits per heavy atom. The molecule has 4 heteroatoms. The zero-order valence-corrected chi connectivity index (χ0v) is 32.6. The largest absolute Gasteiger partial charge is 0.208 e. The molecule has 10 aromatic carbocycles. The van der Waals surface area contributed by atoms with Crippen molar-refractivity contribution in [3.63, 3.8) is 0 Å². The Hall–Kier alpha value is -7.53. The van der Waals surface area contributed by atoms with E-state index in [1.165, 1.54) is 69.0 Å². The molecule has 0 amide bonds. The molecule has 0 saturated carbocycles. The zero-order valence-electron chi connectivity index (χ0n) is 31.8. The molecule has 0 aliphatic heterocycles. The second kappa shape index (κ2) is 13.6. The number of nitrogens with zero attached hydrogens (tertiary/aromatic N) is 3. The minimum absolute atomic E-state index is 0.639. The van der Waals surface area contributed by atoms with Crippen molar-refractivity contribution in [2.75, 3.05) is 0 Å². The van der Waals surface area contributed by atoms with Gasteiger partial charge in [-0.15, -0.1) is 11.3 Å². The molecule has 0 unspecified atom stereocenters. The van der Waals surface area contributed by atoms with Crippen LogP contribution in [-0.2, 0) is 0 Å². The third kappa shape index (κ3) is 5.76. The molecule has 0 fully saturated rings. The minimum atomic E-state index is 0.639. The summed E-state index contributed by atoms with van der Waals surface area (Å²) in [6.07, 6.45) is 0. The van der Waals surface area contributed by atoms with Gasteiger partial charge in [0.1, 0.15) is 0 Å². The van der Waals surface area contributed by atoms with Gasteiger partial charge in [0.25, 0.3) is 0 Å². The molecule has 12 aromatic rings. The summed E-state index contributed by atoms with van der Waals surface area (Å²) in [7, 11) is 0. The van der Waals surface area contributed by atoms with Crippen molar-refractivity contribution in [1.29, 1.82) is 0 Å². The fraction of sp³-hybridized carbons (Fsp3) is 0. The SMILES string of the molecule is c1cc(-c2ccc3c(-c4cccc5ccccc45)cccc3c2)cc(-c2nc(-c3ccc4c(ccc5ccccc54)c3)nc(-c3ccc4sc5ccccc5c4c3)n2)c1. The molecule has 2 heterocycles. The Morgan fingerprint density at radius 3 is 1.53 bits per heavy atom. The van der Waals surface area contributed by atoms with Crippen LogP contribution in [0.4, 0.5) is 0 Å². The van der Waals surface area contributed by atoms with Crippen molar-refractivity contribution >= 4 is 74.6 Å². The molecule has 0 aliphatic carbocycles. The van der Waals surface area contributed by atoms with E-state index in [-0.39, 0.29) is 0 Å². The van der Waals surface area contributed by atoms with Crippen LogP contribution >= 0.6 is 11.3 Å². The average molecular weight is 768 g/mol. The number of hydrogen-bond donors (Lipinski definition) is 0. The summed E-state index contributed by atoms with van der Waals surface area (Å²) in [5, 5.41) is 12.2. The molecule has 0 aliphatic rings. The number of hydrogen-bond acceptors (Lipinski definition) is 4. The predicted octanol–water partition coefficient (Wildman–Crippen LogP) is 15.2. The summed E-state index contributed by atoms with van der Waals surface area (Å²) in [6, 6.07) is 71.8. The standard InChI is InChI=1S/C55H33N3S/c1-4-17-44-34(10-1)12-8-19-47(44)48-20-9-14-38-30-37(24-27-46(38)48)36-13-7-15-40(31-36)53-56-54(41-25-28-45-39(32-41)23-22-35-11-2-3-16-43(35)45)58-55(57-53)42-26-29-52-50(33-42)49-18-5-6-21-51(49)59-52/h1-33H. The van der Waals surface area contributed by atoms with Crippen molar-refractivity contribution in [1.82, 2.24) is 15.0 Å². The Labute approximate surface area is 344 Å². The topological polar surface area (TPSA) is 38.7 Å². The number of fused-ring (bicyclic) bond motifs is 8. The van der Waals surface area contributed by atoms with Crippen LogP contribution < -0.4 is 0 Å². The first-order valence-electron chi connectivity index (χ1n) is 19.9. The molecule has 0 N–H and O–H groups in total. The summed E-state index contributed by atoms with van der Waals surface area (Å²) >= 11 is 1.81. The monoisotopic (exact) mass is 767 g/mol. The molecule has 0 bridgehead atoms. The van der Waals surface area contributed by atoms with Crippen LogP contribution in [0.25, 0.3) is 120 Å². The molecule has 2 aromatic heterocycles. The molecule has 0 spiro atoms. The van der Waals surface area contributed by atoms with Gasteiger partial charge >= 0.3 is 0 Å². The Morgan fingerprint density at radius 2 is 0.712 bits per heavy atom. The van der Waals surface area contributed by atoms with Crippen LogP contribution in [0, 0.1) is 0 Å². The highest BCUT2D eigenvalue weighted by molar-refractivity contribution is 7.25. The van der Waals surface area contributed by atoms with Crippen molar-refractivity contribution in [2.24, 2.45) is 0 Å². The summed E-state index contributed by atoms with van der Waals surface area (Å²) < 4.78 is 2.52. The lowest BCUT2D eigenvalue weighted by Gasteiger charge is -2.13. The Bertz CT molecular complexity index is 3630. The number of aromatic nitrogens is 3. The van der Waals surface area contributed by atoms with Crippen molar-refractivity contribution < 1.29 is 0 Å². The quantitative estimate of drug-likeness (QED) is 0.164. The van der Waals surface area contributed by atoms with Gasteiger partial charge in [-0.1, -0.05) is 158 Å². The van der Waals surface area contributed by atoms with Gasteiger partial charge in [-0.05, 0) is 108 Å². The third-order valence-corrected chi connectivity index (χ3v) is 12.8. The van der Waals surface area contributed by atoms with E-state index in [0.29, 0.717) is 17.5 Å². The molecule has 0 radical (unpaired) electrons. The van der Waals surface area contributed by atoms with E-state index in [1.807, 2.05) is 11.3 Å². The normalized spacial score (nSPS) is 11.7. The molecular weight excluding hydrogens is 735 g/mol. The van der Waals surface area contributed by atoms with E-state index in [2.05, 4.69) is 200 Å². The molecule has 3 nitrogen and oxygen atoms in total. The van der Waals surface area contributed by atoms with Gasteiger partial charge in [0.2, 0.25) is 0 Å². The van der Waals surface area contributed by atoms with Gasteiger partial charge in [-0.3, -0.25) is 0 Å². The van der Waals surface area contributed by atoms with Crippen LogP contribution in [0.15, 0.2) is 200 Å². The van der Waals surface area contributed by atoms with Gasteiger partial charge in [-0.2, -0.15) is 0 Å². The molecule has 12 rings (SSSR count). The van der Waals surface area contributed by atoms with E-state index in [0.717, 1.165) is 33.2 Å². The maximum atomic E-state index is 5.21. The van der Waals surface area contributed by atoms with Gasteiger partial charge in [0.05, 0.1) is 0 Å². The zero-order chi connectivity index (χ0) is 38.9. The van der Waals surface area contributed by atoms with E-state index >= 15 is 0 Å². The van der Waals surface area contributed by atoms with Crippen molar-refractivity contribution in [3.05, 3.63) is 200 Å². The lowest BCUT2D eigenvalue weighted by atomic mass is 9.92. The predicted molar refractivity (Wildman–Crippen MR) is 250 cm³/mol. The summed E-state index contributed by atoms with van der Waals surface area (Å²) in [5.41, 5.74) is 7.58. The Kier molecular flexibility index (Phi) is 7.72. The molecule has 274 valence electrons. The number of rotatable bonds is 5. The maximum Gasteiger partial charge on any atom is 0.164 e. The summed E-state index contributed by atoms with van der Waals surface area (Å²) in [4.78, 5) is 15.6. The second-order valence-electron chi connectivity index (χ2n) is 15.2. The molecule has 59 heavy (non-hydrogen) atoms. The van der Waals surface area contributed by atoms with Gasteiger partial charge < -0.3 is 0 Å². The minimum Gasteiger partial charge on any atom is -0.208 e. The average Bonchev–Trinajstić information content (AvgIpc) is 3.69. The van der Waals surface area contributed by atoms with Crippen LogP contribution in [-0.4, -0.2) is 15.0 Å². The first-order valence-corrected chi connectivity index (χ1v) is 20.7. The first-order chi connectivity index (χ1) is 29.2. The first kappa shape index (κ1) is 33.6. The maximum absolute atomic E-state index is 5.21. The highest BCUT2D eigenvalue weighted by Crippen LogP contribution is 2.39. The van der Waals surface area contributed by atoms with Crippen molar-refractivity contribution in [3.8, 4) is 56.4 Å². The third-order valence-electron chi connectivity index (χ3n) is 11.7. The van der Waals surface area contributed by atoms with Crippen LogP contribution in [0.1, 0.15) is 0 Å². The fourth-order valence-electron chi connectivity index (χ4n) is 8.78. The highest BCUT2D eigenvalue weighted by atomic mass is 32.1. The number of thiophene rings is 1.